The van der Waals surface area contributed by atoms with Gasteiger partial charge < -0.3 is 4.74 Å². The summed E-state index contributed by atoms with van der Waals surface area (Å²) in [6.45, 7) is 4.66. The Hall–Kier alpha value is -0.460. The number of rotatable bonds is 6. The van der Waals surface area contributed by atoms with E-state index in [0.29, 0.717) is 6.10 Å². The highest BCUT2D eigenvalue weighted by molar-refractivity contribution is 4.84. The van der Waals surface area contributed by atoms with E-state index < -0.39 is 0 Å². The molecular weight excluding hydrogens is 244 g/mol. The molecule has 116 valence electrons. The van der Waals surface area contributed by atoms with Crippen LogP contribution in [0.15, 0.2) is 12.3 Å². The zero-order chi connectivity index (χ0) is 14.2. The summed E-state index contributed by atoms with van der Waals surface area (Å²) in [5.41, 5.74) is 0. The molecule has 0 unspecified atom stereocenters. The Morgan fingerprint density at radius 1 is 1.00 bits per heavy atom. The Morgan fingerprint density at radius 3 is 2.55 bits per heavy atom. The molecule has 0 radical (unpaired) electrons. The van der Waals surface area contributed by atoms with Gasteiger partial charge in [0.1, 0.15) is 0 Å². The molecule has 1 nitrogen and oxygen atoms in total. The van der Waals surface area contributed by atoms with Crippen LogP contribution in [0.4, 0.5) is 0 Å². The molecule has 20 heavy (non-hydrogen) atoms. The van der Waals surface area contributed by atoms with Crippen molar-refractivity contribution in [1.82, 2.24) is 0 Å². The standard InChI is InChI=1S/C19H34O/c1-3-4-5-6-14-20-19-9-7-8-18(15-19)17-12-10-16(2)11-13-17/h6,14,16-19H,3-5,7-13,15H2,1-2H3/t16?,17?,18-,19-/m1/s1. The SMILES string of the molecule is CCCCC=CO[C@@H]1CCC[C@@H](C2CCC(C)CC2)C1. The molecule has 0 bridgehead atoms. The average molecular weight is 278 g/mol. The largest absolute Gasteiger partial charge is 0.498 e. The second-order valence-electron chi connectivity index (χ2n) is 7.22. The van der Waals surface area contributed by atoms with Crippen LogP contribution in [-0.2, 0) is 4.74 Å². The zero-order valence-electron chi connectivity index (χ0n) is 13.7. The van der Waals surface area contributed by atoms with E-state index >= 15 is 0 Å². The first-order chi connectivity index (χ1) is 9.79. The monoisotopic (exact) mass is 278 g/mol. The van der Waals surface area contributed by atoms with Crippen molar-refractivity contribution in [3.63, 3.8) is 0 Å². The highest BCUT2D eigenvalue weighted by atomic mass is 16.5. The van der Waals surface area contributed by atoms with Gasteiger partial charge in [-0.25, -0.2) is 0 Å². The van der Waals surface area contributed by atoms with Gasteiger partial charge in [-0.15, -0.1) is 0 Å². The van der Waals surface area contributed by atoms with Crippen LogP contribution in [0.1, 0.15) is 84.5 Å². The van der Waals surface area contributed by atoms with Crippen molar-refractivity contribution in [3.05, 3.63) is 12.3 Å². The molecular formula is C19H34O. The van der Waals surface area contributed by atoms with Crippen molar-refractivity contribution in [2.75, 3.05) is 0 Å². The molecule has 0 aromatic heterocycles. The van der Waals surface area contributed by atoms with Gasteiger partial charge >= 0.3 is 0 Å². The van der Waals surface area contributed by atoms with Gasteiger partial charge in [0.2, 0.25) is 0 Å². The van der Waals surface area contributed by atoms with Gasteiger partial charge in [-0.2, -0.15) is 0 Å². The Balaban J connectivity index is 1.70. The number of unbranched alkanes of at least 4 members (excludes halogenated alkanes) is 2. The maximum Gasteiger partial charge on any atom is 0.0981 e. The van der Waals surface area contributed by atoms with Crippen LogP contribution in [-0.4, -0.2) is 6.10 Å². The molecule has 2 rings (SSSR count). The molecule has 0 aromatic carbocycles. The third-order valence-corrected chi connectivity index (χ3v) is 5.49. The van der Waals surface area contributed by atoms with Crippen LogP contribution in [0.5, 0.6) is 0 Å². The van der Waals surface area contributed by atoms with Crippen LogP contribution < -0.4 is 0 Å². The van der Waals surface area contributed by atoms with E-state index in [-0.39, 0.29) is 0 Å². The van der Waals surface area contributed by atoms with E-state index in [2.05, 4.69) is 19.9 Å². The lowest BCUT2D eigenvalue weighted by Crippen LogP contribution is -2.29. The van der Waals surface area contributed by atoms with E-state index in [1.807, 2.05) is 6.26 Å². The molecule has 0 heterocycles. The molecule has 0 aliphatic heterocycles. The fraction of sp³-hybridized carbons (Fsp3) is 0.895. The minimum atomic E-state index is 0.506. The first kappa shape index (κ1) is 15.9. The van der Waals surface area contributed by atoms with Gasteiger partial charge in [0.15, 0.2) is 0 Å². The average Bonchev–Trinajstić information content (AvgIpc) is 2.48. The molecule has 2 saturated carbocycles. The van der Waals surface area contributed by atoms with Crippen LogP contribution in [0.3, 0.4) is 0 Å². The summed E-state index contributed by atoms with van der Waals surface area (Å²) >= 11 is 0. The van der Waals surface area contributed by atoms with Crippen LogP contribution in [0.2, 0.25) is 0 Å². The molecule has 2 aliphatic rings. The topological polar surface area (TPSA) is 9.23 Å². The van der Waals surface area contributed by atoms with Gasteiger partial charge in [-0.05, 0) is 75.2 Å². The van der Waals surface area contributed by atoms with Gasteiger partial charge in [-0.3, -0.25) is 0 Å². The quantitative estimate of drug-likeness (QED) is 0.422. The summed E-state index contributed by atoms with van der Waals surface area (Å²) in [4.78, 5) is 0. The second-order valence-corrected chi connectivity index (χ2v) is 7.22. The highest BCUT2D eigenvalue weighted by Gasteiger charge is 2.30. The van der Waals surface area contributed by atoms with Crippen molar-refractivity contribution in [2.45, 2.75) is 90.6 Å². The molecule has 0 amide bonds. The minimum absolute atomic E-state index is 0.506. The Bertz CT molecular complexity index is 275. The molecule has 0 saturated heterocycles. The van der Waals surface area contributed by atoms with E-state index in [0.717, 1.165) is 17.8 Å². The summed E-state index contributed by atoms with van der Waals surface area (Å²) in [6, 6.07) is 0. The summed E-state index contributed by atoms with van der Waals surface area (Å²) in [6.07, 6.45) is 19.8. The second kappa shape index (κ2) is 8.74. The minimum Gasteiger partial charge on any atom is -0.498 e. The zero-order valence-corrected chi connectivity index (χ0v) is 13.7. The van der Waals surface area contributed by atoms with Crippen LogP contribution in [0, 0.1) is 17.8 Å². The summed E-state index contributed by atoms with van der Waals surface area (Å²) in [5.74, 6) is 2.93. The third kappa shape index (κ3) is 5.14. The summed E-state index contributed by atoms with van der Waals surface area (Å²) < 4.78 is 5.99. The number of hydrogen-bond donors (Lipinski definition) is 0. The lowest BCUT2D eigenvalue weighted by Gasteiger charge is -2.37. The molecule has 0 N–H and O–H groups in total. The maximum atomic E-state index is 5.99. The molecule has 0 aromatic rings. The number of ether oxygens (including phenoxy) is 1. The lowest BCUT2D eigenvalue weighted by molar-refractivity contribution is 0.0523. The number of allylic oxidation sites excluding steroid dienone is 1. The van der Waals surface area contributed by atoms with Gasteiger partial charge in [0.05, 0.1) is 12.4 Å². The van der Waals surface area contributed by atoms with Crippen molar-refractivity contribution >= 4 is 0 Å². The van der Waals surface area contributed by atoms with Crippen LogP contribution >= 0.6 is 0 Å². The van der Waals surface area contributed by atoms with E-state index in [1.54, 1.807) is 0 Å². The molecule has 2 fully saturated rings. The summed E-state index contributed by atoms with van der Waals surface area (Å²) in [7, 11) is 0. The Kier molecular flexibility index (Phi) is 6.96. The first-order valence-corrected chi connectivity index (χ1v) is 9.10. The molecule has 2 atom stereocenters. The number of hydrogen-bond acceptors (Lipinski definition) is 1. The fourth-order valence-electron chi connectivity index (χ4n) is 4.05. The molecule has 2 aliphatic carbocycles. The highest BCUT2D eigenvalue weighted by Crippen LogP contribution is 2.40. The molecule has 0 spiro atoms. The van der Waals surface area contributed by atoms with Crippen molar-refractivity contribution in [3.8, 4) is 0 Å². The Morgan fingerprint density at radius 2 is 1.80 bits per heavy atom. The van der Waals surface area contributed by atoms with E-state index in [4.69, 9.17) is 4.74 Å². The predicted octanol–water partition coefficient (Wildman–Crippen LogP) is 6.09. The maximum absolute atomic E-state index is 5.99. The van der Waals surface area contributed by atoms with Gasteiger partial charge in [-0.1, -0.05) is 33.1 Å². The predicted molar refractivity (Wildman–Crippen MR) is 86.6 cm³/mol. The van der Waals surface area contributed by atoms with E-state index in [9.17, 15) is 0 Å². The van der Waals surface area contributed by atoms with Crippen molar-refractivity contribution in [1.29, 1.82) is 0 Å². The summed E-state index contributed by atoms with van der Waals surface area (Å²) in [5, 5.41) is 0. The fourth-order valence-corrected chi connectivity index (χ4v) is 4.05. The van der Waals surface area contributed by atoms with E-state index in [1.165, 1.54) is 70.6 Å². The Labute approximate surface area is 126 Å². The molecule has 1 heteroatoms. The lowest BCUT2D eigenvalue weighted by atomic mass is 9.71. The van der Waals surface area contributed by atoms with Crippen LogP contribution in [0.25, 0.3) is 0 Å². The first-order valence-electron chi connectivity index (χ1n) is 9.10. The van der Waals surface area contributed by atoms with Gasteiger partial charge in [0.25, 0.3) is 0 Å². The van der Waals surface area contributed by atoms with Gasteiger partial charge in [0, 0.05) is 0 Å². The van der Waals surface area contributed by atoms with Crippen molar-refractivity contribution < 1.29 is 4.74 Å². The van der Waals surface area contributed by atoms with Crippen molar-refractivity contribution in [2.24, 2.45) is 17.8 Å². The normalized spacial score (nSPS) is 35.3. The third-order valence-electron chi connectivity index (χ3n) is 5.49. The smallest absolute Gasteiger partial charge is 0.0981 e.